The summed E-state index contributed by atoms with van der Waals surface area (Å²) in [6.07, 6.45) is 0. The van der Waals surface area contributed by atoms with E-state index >= 15 is 0 Å². The Morgan fingerprint density at radius 3 is 2.67 bits per heavy atom. The number of rotatable bonds is 5. The number of aliphatic carboxylic acids is 1. The summed E-state index contributed by atoms with van der Waals surface area (Å²) < 4.78 is 5.36. The third-order valence-corrected chi connectivity index (χ3v) is 2.66. The molecule has 2 N–H and O–H groups in total. The van der Waals surface area contributed by atoms with E-state index in [1.807, 2.05) is 26.0 Å². The molecule has 18 heavy (non-hydrogen) atoms. The van der Waals surface area contributed by atoms with Crippen molar-refractivity contribution in [2.45, 2.75) is 26.8 Å². The van der Waals surface area contributed by atoms with Gasteiger partial charge >= 0.3 is 5.97 Å². The zero-order chi connectivity index (χ0) is 13.7. The smallest absolute Gasteiger partial charge is 0.325 e. The highest BCUT2D eigenvalue weighted by atomic mass is 16.5. The van der Waals surface area contributed by atoms with Crippen LogP contribution in [0.2, 0.25) is 0 Å². The van der Waals surface area contributed by atoms with E-state index in [-0.39, 0.29) is 6.61 Å². The minimum absolute atomic E-state index is 0.193. The molecule has 0 bridgehead atoms. The van der Waals surface area contributed by atoms with Gasteiger partial charge in [0.2, 0.25) is 0 Å². The summed E-state index contributed by atoms with van der Waals surface area (Å²) in [5.41, 5.74) is 2.04. The highest BCUT2D eigenvalue weighted by Crippen LogP contribution is 2.20. The molecule has 0 aliphatic rings. The number of aryl methyl sites for hydroxylation is 1. The van der Waals surface area contributed by atoms with E-state index in [0.29, 0.717) is 5.75 Å². The minimum Gasteiger partial charge on any atom is -0.483 e. The third kappa shape index (κ3) is 3.76. The first-order valence-corrected chi connectivity index (χ1v) is 5.63. The molecule has 1 amide bonds. The average Bonchev–Trinajstić information content (AvgIpc) is 2.31. The van der Waals surface area contributed by atoms with Crippen LogP contribution >= 0.6 is 0 Å². The van der Waals surface area contributed by atoms with Crippen molar-refractivity contribution in [3.05, 3.63) is 29.3 Å². The van der Waals surface area contributed by atoms with Gasteiger partial charge in [0.25, 0.3) is 5.91 Å². The topological polar surface area (TPSA) is 75.6 Å². The van der Waals surface area contributed by atoms with Gasteiger partial charge in [-0.2, -0.15) is 0 Å². The van der Waals surface area contributed by atoms with Crippen LogP contribution in [0.5, 0.6) is 5.75 Å². The van der Waals surface area contributed by atoms with Gasteiger partial charge in [0.15, 0.2) is 6.61 Å². The van der Waals surface area contributed by atoms with Gasteiger partial charge in [0.1, 0.15) is 11.8 Å². The lowest BCUT2D eigenvalue weighted by Crippen LogP contribution is -2.40. The summed E-state index contributed by atoms with van der Waals surface area (Å²) in [5.74, 6) is -0.894. The lowest BCUT2D eigenvalue weighted by Gasteiger charge is -2.12. The van der Waals surface area contributed by atoms with Crippen LogP contribution in [0.3, 0.4) is 0 Å². The molecule has 0 fully saturated rings. The van der Waals surface area contributed by atoms with Crippen LogP contribution < -0.4 is 10.1 Å². The lowest BCUT2D eigenvalue weighted by atomic mass is 10.1. The van der Waals surface area contributed by atoms with Crippen LogP contribution in [0.15, 0.2) is 18.2 Å². The van der Waals surface area contributed by atoms with Crippen LogP contribution in [0.25, 0.3) is 0 Å². The minimum atomic E-state index is -1.07. The average molecular weight is 251 g/mol. The maximum atomic E-state index is 11.4. The molecule has 1 aromatic rings. The fourth-order valence-corrected chi connectivity index (χ4v) is 1.37. The number of amides is 1. The molecule has 1 atom stereocenters. The van der Waals surface area contributed by atoms with Crippen LogP contribution in [0.1, 0.15) is 18.1 Å². The Labute approximate surface area is 106 Å². The first-order valence-electron chi connectivity index (χ1n) is 5.63. The summed E-state index contributed by atoms with van der Waals surface area (Å²) in [6, 6.07) is 4.65. The summed E-state index contributed by atoms with van der Waals surface area (Å²) in [5, 5.41) is 11.0. The molecule has 0 spiro atoms. The Morgan fingerprint density at radius 1 is 1.39 bits per heavy atom. The Hall–Kier alpha value is -2.04. The molecule has 0 aromatic heterocycles. The predicted molar refractivity (Wildman–Crippen MR) is 66.7 cm³/mol. The molecular weight excluding hydrogens is 234 g/mol. The van der Waals surface area contributed by atoms with Gasteiger partial charge < -0.3 is 15.2 Å². The number of carbonyl (C=O) groups is 2. The number of ether oxygens (including phenoxy) is 1. The molecule has 0 saturated carbocycles. The SMILES string of the molecule is Cc1cccc(OCC(=O)N[C@@H](C)C(=O)O)c1C. The van der Waals surface area contributed by atoms with Crippen LogP contribution in [-0.4, -0.2) is 29.6 Å². The quantitative estimate of drug-likeness (QED) is 0.826. The molecule has 1 rings (SSSR count). The Bertz CT molecular complexity index is 456. The van der Waals surface area contributed by atoms with Crippen molar-refractivity contribution in [1.82, 2.24) is 5.32 Å². The number of carboxylic acid groups (broad SMARTS) is 1. The molecule has 0 aliphatic heterocycles. The summed E-state index contributed by atoms with van der Waals surface area (Å²) in [6.45, 7) is 5.07. The maximum Gasteiger partial charge on any atom is 0.325 e. The normalized spacial score (nSPS) is 11.7. The second kappa shape index (κ2) is 6.05. The van der Waals surface area contributed by atoms with E-state index in [9.17, 15) is 9.59 Å². The van der Waals surface area contributed by atoms with E-state index in [0.717, 1.165) is 11.1 Å². The monoisotopic (exact) mass is 251 g/mol. The highest BCUT2D eigenvalue weighted by molar-refractivity contribution is 5.84. The van der Waals surface area contributed by atoms with E-state index in [1.54, 1.807) is 6.07 Å². The number of hydrogen-bond acceptors (Lipinski definition) is 3. The fraction of sp³-hybridized carbons (Fsp3) is 0.385. The van der Waals surface area contributed by atoms with Gasteiger partial charge in [0.05, 0.1) is 0 Å². The van der Waals surface area contributed by atoms with Crippen molar-refractivity contribution in [3.8, 4) is 5.75 Å². The maximum absolute atomic E-state index is 11.4. The van der Waals surface area contributed by atoms with Gasteiger partial charge in [-0.05, 0) is 38.0 Å². The zero-order valence-corrected chi connectivity index (χ0v) is 10.7. The second-order valence-corrected chi connectivity index (χ2v) is 4.11. The molecule has 0 unspecified atom stereocenters. The first-order chi connectivity index (χ1) is 8.41. The Balaban J connectivity index is 2.53. The highest BCUT2D eigenvalue weighted by Gasteiger charge is 2.14. The number of benzene rings is 1. The van der Waals surface area contributed by atoms with Gasteiger partial charge in [-0.1, -0.05) is 12.1 Å². The molecule has 5 heteroatoms. The van der Waals surface area contributed by atoms with Crippen LogP contribution in [0, 0.1) is 13.8 Å². The van der Waals surface area contributed by atoms with E-state index < -0.39 is 17.9 Å². The molecule has 1 aromatic carbocycles. The molecule has 5 nitrogen and oxygen atoms in total. The Kier molecular flexibility index (Phi) is 4.71. The van der Waals surface area contributed by atoms with Crippen LogP contribution in [-0.2, 0) is 9.59 Å². The van der Waals surface area contributed by atoms with Crippen LogP contribution in [0.4, 0.5) is 0 Å². The van der Waals surface area contributed by atoms with E-state index in [1.165, 1.54) is 6.92 Å². The van der Waals surface area contributed by atoms with Gasteiger partial charge in [-0.25, -0.2) is 0 Å². The third-order valence-electron chi connectivity index (χ3n) is 2.66. The van der Waals surface area contributed by atoms with Crippen molar-refractivity contribution in [2.24, 2.45) is 0 Å². The van der Waals surface area contributed by atoms with Gasteiger partial charge in [-0.15, -0.1) is 0 Å². The second-order valence-electron chi connectivity index (χ2n) is 4.11. The van der Waals surface area contributed by atoms with Gasteiger partial charge in [-0.3, -0.25) is 9.59 Å². The molecular formula is C13H17NO4. The summed E-state index contributed by atoms with van der Waals surface area (Å²) in [7, 11) is 0. The molecule has 0 radical (unpaired) electrons. The Morgan fingerprint density at radius 2 is 2.06 bits per heavy atom. The van der Waals surface area contributed by atoms with Gasteiger partial charge in [0, 0.05) is 0 Å². The van der Waals surface area contributed by atoms with Crippen molar-refractivity contribution >= 4 is 11.9 Å². The first kappa shape index (κ1) is 14.0. The molecule has 0 saturated heterocycles. The van der Waals surface area contributed by atoms with E-state index in [2.05, 4.69) is 5.32 Å². The number of carbonyl (C=O) groups excluding carboxylic acids is 1. The van der Waals surface area contributed by atoms with Crippen molar-refractivity contribution in [3.63, 3.8) is 0 Å². The predicted octanol–water partition coefficient (Wildman–Crippen LogP) is 1.27. The lowest BCUT2D eigenvalue weighted by molar-refractivity contribution is -0.141. The van der Waals surface area contributed by atoms with Crippen molar-refractivity contribution in [2.75, 3.05) is 6.61 Å². The fourth-order valence-electron chi connectivity index (χ4n) is 1.37. The largest absolute Gasteiger partial charge is 0.483 e. The van der Waals surface area contributed by atoms with Crippen molar-refractivity contribution in [1.29, 1.82) is 0 Å². The summed E-state index contributed by atoms with van der Waals surface area (Å²) in [4.78, 5) is 22.0. The molecule has 98 valence electrons. The van der Waals surface area contributed by atoms with E-state index in [4.69, 9.17) is 9.84 Å². The van der Waals surface area contributed by atoms with Crippen molar-refractivity contribution < 1.29 is 19.4 Å². The number of nitrogens with one attached hydrogen (secondary N) is 1. The standard InChI is InChI=1S/C13H17NO4/c1-8-5-4-6-11(9(8)2)18-7-12(15)14-10(3)13(16)17/h4-6,10H,7H2,1-3H3,(H,14,15)(H,16,17)/t10-/m0/s1. The number of hydrogen-bond donors (Lipinski definition) is 2. The number of carboxylic acids is 1. The molecule has 0 heterocycles. The molecule has 0 aliphatic carbocycles. The zero-order valence-electron chi connectivity index (χ0n) is 10.7. The summed E-state index contributed by atoms with van der Waals surface area (Å²) >= 11 is 0.